The van der Waals surface area contributed by atoms with E-state index < -0.39 is 0 Å². The molecule has 2 heterocycles. The standard InChI is InChI=1S/C21H22FN3O3S/c1-13-11-18(24-20(26)17-5-4-10-28-17)29-19(13)21(27)23-12-16(25(2)3)14-6-8-15(22)9-7-14/h4-11,16H,12H2,1-3H3,(H,23,27)(H,24,26). The monoisotopic (exact) mass is 415 g/mol. The van der Waals surface area contributed by atoms with Crippen molar-refractivity contribution in [2.24, 2.45) is 0 Å². The predicted molar refractivity (Wildman–Crippen MR) is 111 cm³/mol. The molecule has 6 nitrogen and oxygen atoms in total. The van der Waals surface area contributed by atoms with Crippen molar-refractivity contribution < 1.29 is 18.4 Å². The molecule has 0 aliphatic heterocycles. The fourth-order valence-corrected chi connectivity index (χ4v) is 3.89. The molecule has 2 aromatic heterocycles. The average molecular weight is 415 g/mol. The third-order valence-corrected chi connectivity index (χ3v) is 5.59. The van der Waals surface area contributed by atoms with Crippen LogP contribution in [0.5, 0.6) is 0 Å². The van der Waals surface area contributed by atoms with Gasteiger partial charge in [-0.3, -0.25) is 9.59 Å². The van der Waals surface area contributed by atoms with Gasteiger partial charge in [0.25, 0.3) is 11.8 Å². The van der Waals surface area contributed by atoms with Crippen molar-refractivity contribution >= 4 is 28.2 Å². The van der Waals surface area contributed by atoms with Crippen molar-refractivity contribution in [3.8, 4) is 0 Å². The van der Waals surface area contributed by atoms with Gasteiger partial charge in [0.2, 0.25) is 0 Å². The van der Waals surface area contributed by atoms with Gasteiger partial charge >= 0.3 is 0 Å². The molecule has 8 heteroatoms. The third kappa shape index (κ3) is 5.10. The number of halogens is 1. The largest absolute Gasteiger partial charge is 0.459 e. The summed E-state index contributed by atoms with van der Waals surface area (Å²) < 4.78 is 18.3. The lowest BCUT2D eigenvalue weighted by atomic mass is 10.1. The number of anilines is 1. The number of hydrogen-bond donors (Lipinski definition) is 2. The molecule has 3 rings (SSSR count). The maximum absolute atomic E-state index is 13.2. The number of rotatable bonds is 7. The molecule has 29 heavy (non-hydrogen) atoms. The summed E-state index contributed by atoms with van der Waals surface area (Å²) in [5.74, 6) is -0.684. The molecule has 1 atom stereocenters. The van der Waals surface area contributed by atoms with Crippen molar-refractivity contribution in [2.45, 2.75) is 13.0 Å². The Balaban J connectivity index is 1.66. The summed E-state index contributed by atoms with van der Waals surface area (Å²) in [6.45, 7) is 2.18. The lowest BCUT2D eigenvalue weighted by Gasteiger charge is -2.25. The molecular formula is C21H22FN3O3S. The quantitative estimate of drug-likeness (QED) is 0.610. The molecule has 0 aliphatic rings. The van der Waals surface area contributed by atoms with Crippen molar-refractivity contribution in [1.29, 1.82) is 0 Å². The first-order chi connectivity index (χ1) is 13.8. The number of furan rings is 1. The summed E-state index contributed by atoms with van der Waals surface area (Å²) in [7, 11) is 3.80. The predicted octanol–water partition coefficient (Wildman–Crippen LogP) is 4.07. The van der Waals surface area contributed by atoms with E-state index in [1.54, 1.807) is 30.3 Å². The second-order valence-electron chi connectivity index (χ2n) is 6.80. The number of carbonyl (C=O) groups is 2. The van der Waals surface area contributed by atoms with Crippen LogP contribution >= 0.6 is 11.3 Å². The highest BCUT2D eigenvalue weighted by atomic mass is 32.1. The van der Waals surface area contributed by atoms with Gasteiger partial charge in [-0.1, -0.05) is 12.1 Å². The fourth-order valence-electron chi connectivity index (χ4n) is 2.90. The lowest BCUT2D eigenvalue weighted by Crippen LogP contribution is -2.34. The van der Waals surface area contributed by atoms with Crippen LogP contribution in [-0.4, -0.2) is 37.4 Å². The van der Waals surface area contributed by atoms with Gasteiger partial charge in [-0.15, -0.1) is 11.3 Å². The number of nitrogens with zero attached hydrogens (tertiary/aromatic N) is 1. The summed E-state index contributed by atoms with van der Waals surface area (Å²) in [6, 6.07) is 11.1. The van der Waals surface area contributed by atoms with Crippen LogP contribution in [0.2, 0.25) is 0 Å². The molecule has 0 saturated carbocycles. The Bertz CT molecular complexity index is 981. The maximum Gasteiger partial charge on any atom is 0.291 e. The highest BCUT2D eigenvalue weighted by molar-refractivity contribution is 7.18. The smallest absolute Gasteiger partial charge is 0.291 e. The number of likely N-dealkylation sites (N-methyl/N-ethyl adjacent to an activating group) is 1. The van der Waals surface area contributed by atoms with Crippen molar-refractivity contribution in [3.05, 3.63) is 76.3 Å². The van der Waals surface area contributed by atoms with E-state index in [1.807, 2.05) is 25.9 Å². The van der Waals surface area contributed by atoms with E-state index >= 15 is 0 Å². The van der Waals surface area contributed by atoms with Gasteiger partial charge in [0, 0.05) is 6.54 Å². The molecule has 1 aromatic carbocycles. The van der Waals surface area contributed by atoms with Crippen LogP contribution in [0.1, 0.15) is 37.4 Å². The number of nitrogens with one attached hydrogen (secondary N) is 2. The molecule has 0 bridgehead atoms. The first kappa shape index (κ1) is 20.8. The summed E-state index contributed by atoms with van der Waals surface area (Å²) in [6.07, 6.45) is 1.43. The minimum absolute atomic E-state index is 0.0991. The summed E-state index contributed by atoms with van der Waals surface area (Å²) >= 11 is 1.20. The molecule has 0 aliphatic carbocycles. The number of thiophene rings is 1. The zero-order valence-corrected chi connectivity index (χ0v) is 17.2. The van der Waals surface area contributed by atoms with E-state index in [9.17, 15) is 14.0 Å². The zero-order chi connectivity index (χ0) is 21.0. The molecule has 2 amide bonds. The van der Waals surface area contributed by atoms with E-state index in [0.717, 1.165) is 11.1 Å². The summed E-state index contributed by atoms with van der Waals surface area (Å²) in [4.78, 5) is 27.3. The Morgan fingerprint density at radius 2 is 1.90 bits per heavy atom. The van der Waals surface area contributed by atoms with Crippen LogP contribution in [0.3, 0.4) is 0 Å². The highest BCUT2D eigenvalue weighted by Gasteiger charge is 2.19. The summed E-state index contributed by atoms with van der Waals surface area (Å²) in [5.41, 5.74) is 1.68. The molecule has 0 radical (unpaired) electrons. The number of aryl methyl sites for hydroxylation is 1. The second-order valence-corrected chi connectivity index (χ2v) is 7.85. The normalized spacial score (nSPS) is 12.0. The topological polar surface area (TPSA) is 74.6 Å². The Morgan fingerprint density at radius 1 is 1.17 bits per heavy atom. The minimum Gasteiger partial charge on any atom is -0.459 e. The first-order valence-electron chi connectivity index (χ1n) is 9.00. The number of carbonyl (C=O) groups excluding carboxylic acids is 2. The molecule has 1 unspecified atom stereocenters. The first-order valence-corrected chi connectivity index (χ1v) is 9.82. The van der Waals surface area contributed by atoms with Gasteiger partial charge in [0.05, 0.1) is 22.2 Å². The Hall–Kier alpha value is -2.97. The second kappa shape index (κ2) is 9.02. The maximum atomic E-state index is 13.2. The number of amides is 2. The highest BCUT2D eigenvalue weighted by Crippen LogP contribution is 2.27. The summed E-state index contributed by atoms with van der Waals surface area (Å²) in [5, 5.41) is 6.24. The molecule has 152 valence electrons. The number of benzene rings is 1. The fraction of sp³-hybridized carbons (Fsp3) is 0.238. The van der Waals surface area contributed by atoms with Crippen LogP contribution < -0.4 is 10.6 Å². The van der Waals surface area contributed by atoms with Gasteiger partial charge in [-0.2, -0.15) is 0 Å². The van der Waals surface area contributed by atoms with E-state index in [4.69, 9.17) is 4.42 Å². The van der Waals surface area contributed by atoms with Gasteiger partial charge in [-0.05, 0) is 62.5 Å². The SMILES string of the molecule is Cc1cc(NC(=O)c2ccco2)sc1C(=O)NCC(c1ccc(F)cc1)N(C)C. The van der Waals surface area contributed by atoms with Gasteiger partial charge in [0.15, 0.2) is 5.76 Å². The van der Waals surface area contributed by atoms with Crippen LogP contribution in [0.15, 0.2) is 53.1 Å². The Kier molecular flexibility index (Phi) is 6.46. The van der Waals surface area contributed by atoms with Crippen LogP contribution in [0.4, 0.5) is 9.39 Å². The van der Waals surface area contributed by atoms with E-state index in [1.165, 1.54) is 29.7 Å². The van der Waals surface area contributed by atoms with Crippen molar-refractivity contribution in [3.63, 3.8) is 0 Å². The third-order valence-electron chi connectivity index (χ3n) is 4.44. The molecule has 0 fully saturated rings. The zero-order valence-electron chi connectivity index (χ0n) is 16.4. The van der Waals surface area contributed by atoms with Crippen LogP contribution in [0, 0.1) is 12.7 Å². The van der Waals surface area contributed by atoms with Crippen LogP contribution in [-0.2, 0) is 0 Å². The van der Waals surface area contributed by atoms with E-state index in [-0.39, 0.29) is 29.4 Å². The average Bonchev–Trinajstić information content (AvgIpc) is 3.33. The molecule has 0 saturated heterocycles. The van der Waals surface area contributed by atoms with Gasteiger partial charge < -0.3 is 20.0 Å². The number of hydrogen-bond acceptors (Lipinski definition) is 5. The van der Waals surface area contributed by atoms with E-state index in [0.29, 0.717) is 16.4 Å². The Morgan fingerprint density at radius 3 is 2.52 bits per heavy atom. The Labute approximate surface area is 172 Å². The van der Waals surface area contributed by atoms with Crippen molar-refractivity contribution in [1.82, 2.24) is 10.2 Å². The molecule has 3 aromatic rings. The molecular weight excluding hydrogens is 393 g/mol. The van der Waals surface area contributed by atoms with Crippen molar-refractivity contribution in [2.75, 3.05) is 26.0 Å². The molecule has 0 spiro atoms. The van der Waals surface area contributed by atoms with Gasteiger partial charge in [0.1, 0.15) is 5.82 Å². The lowest BCUT2D eigenvalue weighted by molar-refractivity contribution is 0.0944. The van der Waals surface area contributed by atoms with Gasteiger partial charge in [-0.25, -0.2) is 4.39 Å². The molecule has 2 N–H and O–H groups in total. The van der Waals surface area contributed by atoms with E-state index in [2.05, 4.69) is 10.6 Å². The van der Waals surface area contributed by atoms with Crippen LogP contribution in [0.25, 0.3) is 0 Å². The minimum atomic E-state index is -0.368.